The Labute approximate surface area is 133 Å². The molecule has 1 aromatic carbocycles. The average molecular weight is 322 g/mol. The zero-order valence-electron chi connectivity index (χ0n) is 12.4. The summed E-state index contributed by atoms with van der Waals surface area (Å²) < 4.78 is 0. The van der Waals surface area contributed by atoms with E-state index in [1.54, 1.807) is 19.2 Å². The van der Waals surface area contributed by atoms with Crippen LogP contribution >= 0.6 is 12.2 Å². The van der Waals surface area contributed by atoms with Crippen LogP contribution in [-0.4, -0.2) is 23.0 Å². The minimum absolute atomic E-state index is 0.0112. The maximum Gasteiger partial charge on any atom is 0.269 e. The summed E-state index contributed by atoms with van der Waals surface area (Å²) in [6.07, 6.45) is 1.29. The first-order valence-corrected chi connectivity index (χ1v) is 7.33. The summed E-state index contributed by atoms with van der Waals surface area (Å²) in [6, 6.07) is 6.26. The third-order valence-corrected chi connectivity index (χ3v) is 4.26. The molecule has 0 heterocycles. The molecule has 1 aromatic rings. The summed E-state index contributed by atoms with van der Waals surface area (Å²) in [5, 5.41) is 13.9. The van der Waals surface area contributed by atoms with Gasteiger partial charge in [-0.2, -0.15) is 0 Å². The maximum atomic E-state index is 12.6. The van der Waals surface area contributed by atoms with Gasteiger partial charge >= 0.3 is 0 Å². The smallest absolute Gasteiger partial charge is 0.269 e. The lowest BCUT2D eigenvalue weighted by Crippen LogP contribution is -2.57. The van der Waals surface area contributed by atoms with E-state index in [0.29, 0.717) is 29.4 Å². The Morgan fingerprint density at radius 1 is 1.41 bits per heavy atom. The number of thiocarbonyl (C=S) groups is 1. The molecule has 0 aromatic heterocycles. The highest BCUT2D eigenvalue weighted by Crippen LogP contribution is 2.48. The highest BCUT2D eigenvalue weighted by atomic mass is 32.1. The summed E-state index contributed by atoms with van der Waals surface area (Å²) in [4.78, 5) is 23.1. The van der Waals surface area contributed by atoms with Gasteiger partial charge < -0.3 is 5.32 Å². The Balaban J connectivity index is 2.25. The van der Waals surface area contributed by atoms with Gasteiger partial charge in [0.15, 0.2) is 5.11 Å². The molecule has 7 nitrogen and oxygen atoms in total. The molecule has 0 aliphatic heterocycles. The van der Waals surface area contributed by atoms with Crippen LogP contribution in [0.2, 0.25) is 0 Å². The second kappa shape index (κ2) is 6.27. The predicted molar refractivity (Wildman–Crippen MR) is 86.1 cm³/mol. The van der Waals surface area contributed by atoms with E-state index in [9.17, 15) is 14.9 Å². The van der Waals surface area contributed by atoms with Crippen molar-refractivity contribution >= 4 is 28.9 Å². The van der Waals surface area contributed by atoms with Gasteiger partial charge in [0.2, 0.25) is 5.91 Å². The predicted octanol–water partition coefficient (Wildman–Crippen LogP) is 1.39. The molecule has 0 bridgehead atoms. The first-order chi connectivity index (χ1) is 10.4. The number of hydrogen-bond acceptors (Lipinski definition) is 4. The molecule has 1 amide bonds. The van der Waals surface area contributed by atoms with Crippen molar-refractivity contribution in [3.63, 3.8) is 0 Å². The van der Waals surface area contributed by atoms with Gasteiger partial charge in [0.1, 0.15) is 0 Å². The number of hydrazine groups is 1. The zero-order chi connectivity index (χ0) is 16.3. The van der Waals surface area contributed by atoms with Crippen LogP contribution in [0.3, 0.4) is 0 Å². The van der Waals surface area contributed by atoms with Crippen molar-refractivity contribution in [3.8, 4) is 0 Å². The summed E-state index contributed by atoms with van der Waals surface area (Å²) in [7, 11) is 1.64. The molecule has 3 N–H and O–H groups in total. The number of rotatable bonds is 3. The van der Waals surface area contributed by atoms with E-state index < -0.39 is 10.3 Å². The van der Waals surface area contributed by atoms with Gasteiger partial charge in [-0.25, -0.2) is 0 Å². The van der Waals surface area contributed by atoms with Crippen LogP contribution in [0.5, 0.6) is 0 Å². The second-order valence-corrected chi connectivity index (χ2v) is 5.97. The van der Waals surface area contributed by atoms with Gasteiger partial charge in [-0.15, -0.1) is 0 Å². The number of benzene rings is 1. The number of nitrogens with one attached hydrogen (secondary N) is 3. The number of nitro benzene ring substituents is 1. The molecule has 1 aliphatic carbocycles. The summed E-state index contributed by atoms with van der Waals surface area (Å²) in [5.74, 6) is 0.157. The topological polar surface area (TPSA) is 96.3 Å². The first-order valence-electron chi connectivity index (χ1n) is 6.92. The molecule has 22 heavy (non-hydrogen) atoms. The van der Waals surface area contributed by atoms with Gasteiger partial charge in [-0.1, -0.05) is 19.1 Å². The Kier molecular flexibility index (Phi) is 4.60. The minimum atomic E-state index is -0.748. The van der Waals surface area contributed by atoms with E-state index in [-0.39, 0.29) is 11.6 Å². The lowest BCUT2D eigenvalue weighted by molar-refractivity contribution is -0.385. The first kappa shape index (κ1) is 16.2. The molecule has 118 valence electrons. The quantitative estimate of drug-likeness (QED) is 0.442. The van der Waals surface area contributed by atoms with Crippen LogP contribution < -0.4 is 16.2 Å². The standard InChI is InChI=1S/C14H18N4O3S/c1-9-7-14(8-9,12(19)16-17-13(22)15-2)10-4-3-5-11(6-10)18(20)21/h3-6,9H,7-8H2,1-2H3,(H,16,19)(H2,15,17,22). The number of nitro groups is 1. The van der Waals surface area contributed by atoms with Gasteiger partial charge in [-0.3, -0.25) is 25.8 Å². The second-order valence-electron chi connectivity index (χ2n) is 5.56. The van der Waals surface area contributed by atoms with Crippen LogP contribution in [0.25, 0.3) is 0 Å². The van der Waals surface area contributed by atoms with Gasteiger partial charge in [0.05, 0.1) is 10.3 Å². The van der Waals surface area contributed by atoms with Crippen molar-refractivity contribution in [2.24, 2.45) is 5.92 Å². The SMILES string of the molecule is CNC(=S)NNC(=O)C1(c2cccc([N+](=O)[O-])c2)CC(C)C1. The summed E-state index contributed by atoms with van der Waals surface area (Å²) in [6.45, 7) is 2.05. The molecule has 0 atom stereocenters. The molecule has 8 heteroatoms. The zero-order valence-corrected chi connectivity index (χ0v) is 13.2. The van der Waals surface area contributed by atoms with Crippen LogP contribution in [0.1, 0.15) is 25.3 Å². The van der Waals surface area contributed by atoms with Gasteiger partial charge in [0.25, 0.3) is 5.69 Å². The Hall–Kier alpha value is -2.22. The van der Waals surface area contributed by atoms with Gasteiger partial charge in [0, 0.05) is 19.2 Å². The van der Waals surface area contributed by atoms with E-state index in [1.165, 1.54) is 12.1 Å². The molecule has 0 radical (unpaired) electrons. The molecule has 2 rings (SSSR count). The number of hydrogen-bond donors (Lipinski definition) is 3. The largest absolute Gasteiger partial charge is 0.364 e. The molecule has 0 saturated heterocycles. The van der Waals surface area contributed by atoms with Crippen molar-refractivity contribution in [1.29, 1.82) is 0 Å². The third-order valence-electron chi connectivity index (χ3n) is 3.95. The van der Waals surface area contributed by atoms with E-state index in [4.69, 9.17) is 12.2 Å². The van der Waals surface area contributed by atoms with Crippen molar-refractivity contribution < 1.29 is 9.72 Å². The highest BCUT2D eigenvalue weighted by Gasteiger charge is 2.50. The lowest BCUT2D eigenvalue weighted by Gasteiger charge is -2.45. The molecule has 1 aliphatic rings. The Bertz CT molecular complexity index is 614. The fourth-order valence-corrected chi connectivity index (χ4v) is 2.95. The number of nitrogens with zero attached hydrogens (tertiary/aromatic N) is 1. The number of non-ortho nitro benzene ring substituents is 1. The highest BCUT2D eigenvalue weighted by molar-refractivity contribution is 7.80. The summed E-state index contributed by atoms with van der Waals surface area (Å²) in [5.41, 5.74) is 5.10. The molecule has 1 fully saturated rings. The maximum absolute atomic E-state index is 12.6. The summed E-state index contributed by atoms with van der Waals surface area (Å²) >= 11 is 4.92. The van der Waals surface area contributed by atoms with Gasteiger partial charge in [-0.05, 0) is 36.5 Å². The fraction of sp³-hybridized carbons (Fsp3) is 0.429. The van der Waals surface area contributed by atoms with Crippen molar-refractivity contribution in [1.82, 2.24) is 16.2 Å². The molecular weight excluding hydrogens is 304 g/mol. The number of carbonyl (C=O) groups excluding carboxylic acids is 1. The van der Waals surface area contributed by atoms with E-state index >= 15 is 0 Å². The normalized spacial score (nSPS) is 23.1. The lowest BCUT2D eigenvalue weighted by atomic mass is 9.58. The third kappa shape index (κ3) is 3.01. The van der Waals surface area contributed by atoms with Crippen LogP contribution in [0, 0.1) is 16.0 Å². The van der Waals surface area contributed by atoms with E-state index in [2.05, 4.69) is 23.1 Å². The van der Waals surface area contributed by atoms with Crippen molar-refractivity contribution in [3.05, 3.63) is 39.9 Å². The molecular formula is C14H18N4O3S. The van der Waals surface area contributed by atoms with Crippen molar-refractivity contribution in [2.45, 2.75) is 25.2 Å². The monoisotopic (exact) mass is 322 g/mol. The fourth-order valence-electron chi connectivity index (χ4n) is 2.89. The van der Waals surface area contributed by atoms with Crippen LogP contribution in [-0.2, 0) is 10.2 Å². The Morgan fingerprint density at radius 2 is 2.09 bits per heavy atom. The molecule has 1 saturated carbocycles. The molecule has 0 unspecified atom stereocenters. The molecule has 0 spiro atoms. The van der Waals surface area contributed by atoms with Crippen LogP contribution in [0.15, 0.2) is 24.3 Å². The number of carbonyl (C=O) groups is 1. The van der Waals surface area contributed by atoms with Crippen LogP contribution in [0.4, 0.5) is 5.69 Å². The van der Waals surface area contributed by atoms with E-state index in [1.807, 2.05) is 0 Å². The Morgan fingerprint density at radius 3 is 2.64 bits per heavy atom. The number of amides is 1. The average Bonchev–Trinajstić information content (AvgIpc) is 2.48. The minimum Gasteiger partial charge on any atom is -0.364 e. The van der Waals surface area contributed by atoms with E-state index in [0.717, 1.165) is 0 Å². The van der Waals surface area contributed by atoms with Crippen molar-refractivity contribution in [2.75, 3.05) is 7.05 Å².